The van der Waals surface area contributed by atoms with Gasteiger partial charge in [-0.25, -0.2) is 0 Å². The fraction of sp³-hybridized carbons (Fsp3) is 0.353. The molecule has 0 aliphatic heterocycles. The smallest absolute Gasteiger partial charge is 0.224 e. The van der Waals surface area contributed by atoms with Crippen LogP contribution in [0.2, 0.25) is 0 Å². The lowest BCUT2D eigenvalue weighted by Gasteiger charge is -2.17. The summed E-state index contributed by atoms with van der Waals surface area (Å²) in [6, 6.07) is 14.3. The topological polar surface area (TPSA) is 38.3 Å². The average Bonchev–Trinajstić information content (AvgIpc) is 2.48. The standard InChI is InChI=1S/C17H20BrNO2/c1-21-12-15(9-10-18)19-17(20)11-14-7-4-6-13-5-2-3-8-16(13)14/h2-8,15H,9-12H2,1H3,(H,19,20). The van der Waals surface area contributed by atoms with Crippen LogP contribution in [0.4, 0.5) is 0 Å². The molecule has 4 heteroatoms. The molecular formula is C17H20BrNO2. The number of nitrogens with one attached hydrogen (secondary N) is 1. The first-order valence-corrected chi connectivity index (χ1v) is 8.17. The predicted octanol–water partition coefficient (Wildman–Crippen LogP) is 3.30. The molecule has 2 aromatic rings. The number of ether oxygens (including phenoxy) is 1. The second kappa shape index (κ2) is 8.15. The van der Waals surface area contributed by atoms with Crippen LogP contribution in [-0.4, -0.2) is 31.0 Å². The molecule has 112 valence electrons. The number of amides is 1. The Hall–Kier alpha value is -1.39. The molecule has 1 atom stereocenters. The Kier molecular flexibility index (Phi) is 6.21. The van der Waals surface area contributed by atoms with Crippen molar-refractivity contribution in [3.63, 3.8) is 0 Å². The molecular weight excluding hydrogens is 330 g/mol. The van der Waals surface area contributed by atoms with Crippen LogP contribution in [-0.2, 0) is 16.0 Å². The molecule has 2 rings (SSSR count). The molecule has 0 radical (unpaired) electrons. The first-order chi connectivity index (χ1) is 10.2. The van der Waals surface area contributed by atoms with Crippen LogP contribution in [0.5, 0.6) is 0 Å². The molecule has 1 N–H and O–H groups in total. The van der Waals surface area contributed by atoms with Gasteiger partial charge in [0, 0.05) is 12.4 Å². The number of fused-ring (bicyclic) bond motifs is 1. The van der Waals surface area contributed by atoms with Crippen molar-refractivity contribution >= 4 is 32.6 Å². The summed E-state index contributed by atoms with van der Waals surface area (Å²) in [6.45, 7) is 0.535. The van der Waals surface area contributed by atoms with E-state index in [1.807, 2.05) is 24.3 Å². The van der Waals surface area contributed by atoms with Crippen LogP contribution in [0.25, 0.3) is 10.8 Å². The molecule has 0 spiro atoms. The molecule has 21 heavy (non-hydrogen) atoms. The molecule has 0 fully saturated rings. The molecule has 0 saturated heterocycles. The Bertz CT molecular complexity index is 589. The maximum atomic E-state index is 12.2. The fourth-order valence-corrected chi connectivity index (χ4v) is 2.98. The van der Waals surface area contributed by atoms with Crippen LogP contribution >= 0.6 is 15.9 Å². The minimum atomic E-state index is 0.0364. The van der Waals surface area contributed by atoms with E-state index in [2.05, 4.69) is 39.4 Å². The van der Waals surface area contributed by atoms with Crippen molar-refractivity contribution in [1.82, 2.24) is 5.32 Å². The predicted molar refractivity (Wildman–Crippen MR) is 89.9 cm³/mol. The van der Waals surface area contributed by atoms with Gasteiger partial charge in [0.05, 0.1) is 19.1 Å². The van der Waals surface area contributed by atoms with E-state index in [9.17, 15) is 4.79 Å². The van der Waals surface area contributed by atoms with Crippen molar-refractivity contribution in [3.05, 3.63) is 48.0 Å². The van der Waals surface area contributed by atoms with Gasteiger partial charge in [-0.1, -0.05) is 58.4 Å². The van der Waals surface area contributed by atoms with Gasteiger partial charge in [-0.15, -0.1) is 0 Å². The summed E-state index contributed by atoms with van der Waals surface area (Å²) in [4.78, 5) is 12.2. The van der Waals surface area contributed by atoms with Crippen molar-refractivity contribution < 1.29 is 9.53 Å². The van der Waals surface area contributed by atoms with Crippen molar-refractivity contribution in [2.75, 3.05) is 19.0 Å². The fourth-order valence-electron chi connectivity index (χ4n) is 2.43. The second-order valence-corrected chi connectivity index (χ2v) is 5.81. The number of hydrogen-bond donors (Lipinski definition) is 1. The molecule has 0 heterocycles. The highest BCUT2D eigenvalue weighted by Crippen LogP contribution is 2.18. The molecule has 2 aromatic carbocycles. The summed E-state index contributed by atoms with van der Waals surface area (Å²) in [5.41, 5.74) is 1.06. The van der Waals surface area contributed by atoms with Gasteiger partial charge < -0.3 is 10.1 Å². The first-order valence-electron chi connectivity index (χ1n) is 7.05. The van der Waals surface area contributed by atoms with Gasteiger partial charge in [-0.2, -0.15) is 0 Å². The monoisotopic (exact) mass is 349 g/mol. The largest absolute Gasteiger partial charge is 0.383 e. The highest BCUT2D eigenvalue weighted by molar-refractivity contribution is 9.09. The SMILES string of the molecule is COCC(CCBr)NC(=O)Cc1cccc2ccccc12. The summed E-state index contributed by atoms with van der Waals surface area (Å²) in [6.07, 6.45) is 1.25. The third-order valence-corrected chi connectivity index (χ3v) is 3.88. The lowest BCUT2D eigenvalue weighted by atomic mass is 10.0. The molecule has 0 bridgehead atoms. The van der Waals surface area contributed by atoms with Crippen molar-refractivity contribution in [3.8, 4) is 0 Å². The van der Waals surface area contributed by atoms with Gasteiger partial charge in [0.15, 0.2) is 0 Å². The number of rotatable bonds is 7. The number of hydrogen-bond acceptors (Lipinski definition) is 2. The van der Waals surface area contributed by atoms with E-state index in [0.717, 1.165) is 28.1 Å². The highest BCUT2D eigenvalue weighted by Gasteiger charge is 2.13. The Morgan fingerprint density at radius 2 is 2.00 bits per heavy atom. The van der Waals surface area contributed by atoms with Crippen LogP contribution in [0.1, 0.15) is 12.0 Å². The van der Waals surface area contributed by atoms with Gasteiger partial charge in [0.2, 0.25) is 5.91 Å². The number of methoxy groups -OCH3 is 1. The Labute approximate surface area is 133 Å². The summed E-state index contributed by atoms with van der Waals surface area (Å²) in [5, 5.41) is 6.18. The quantitative estimate of drug-likeness (QED) is 0.778. The summed E-state index contributed by atoms with van der Waals surface area (Å²) >= 11 is 3.40. The van der Waals surface area contributed by atoms with Gasteiger partial charge in [-0.05, 0) is 22.8 Å². The lowest BCUT2D eigenvalue weighted by molar-refractivity contribution is -0.121. The van der Waals surface area contributed by atoms with Crippen LogP contribution in [0.15, 0.2) is 42.5 Å². The van der Waals surface area contributed by atoms with E-state index in [-0.39, 0.29) is 11.9 Å². The van der Waals surface area contributed by atoms with Crippen molar-refractivity contribution in [2.45, 2.75) is 18.9 Å². The Morgan fingerprint density at radius 1 is 1.24 bits per heavy atom. The van der Waals surface area contributed by atoms with Gasteiger partial charge in [-0.3, -0.25) is 4.79 Å². The van der Waals surface area contributed by atoms with Gasteiger partial charge in [0.25, 0.3) is 0 Å². The van der Waals surface area contributed by atoms with Crippen LogP contribution in [0, 0.1) is 0 Å². The minimum absolute atomic E-state index is 0.0364. The summed E-state index contributed by atoms with van der Waals surface area (Å²) < 4.78 is 5.14. The average molecular weight is 350 g/mol. The number of benzene rings is 2. The van der Waals surface area contributed by atoms with E-state index < -0.39 is 0 Å². The Balaban J connectivity index is 2.07. The van der Waals surface area contributed by atoms with E-state index in [1.165, 1.54) is 0 Å². The zero-order valence-corrected chi connectivity index (χ0v) is 13.7. The third-order valence-electron chi connectivity index (χ3n) is 3.42. The maximum Gasteiger partial charge on any atom is 0.224 e. The van der Waals surface area contributed by atoms with E-state index in [1.54, 1.807) is 7.11 Å². The number of alkyl halides is 1. The number of carbonyl (C=O) groups is 1. The maximum absolute atomic E-state index is 12.2. The molecule has 0 aromatic heterocycles. The Morgan fingerprint density at radius 3 is 2.76 bits per heavy atom. The van der Waals surface area contributed by atoms with Crippen LogP contribution < -0.4 is 5.32 Å². The van der Waals surface area contributed by atoms with Gasteiger partial charge in [0.1, 0.15) is 0 Å². The van der Waals surface area contributed by atoms with Crippen molar-refractivity contribution in [1.29, 1.82) is 0 Å². The van der Waals surface area contributed by atoms with E-state index in [4.69, 9.17) is 4.74 Å². The third kappa shape index (κ3) is 4.55. The molecule has 3 nitrogen and oxygen atoms in total. The zero-order valence-electron chi connectivity index (χ0n) is 12.1. The molecule has 0 aliphatic rings. The molecule has 1 amide bonds. The normalized spacial score (nSPS) is 12.3. The van der Waals surface area contributed by atoms with E-state index in [0.29, 0.717) is 13.0 Å². The van der Waals surface area contributed by atoms with Crippen molar-refractivity contribution in [2.24, 2.45) is 0 Å². The second-order valence-electron chi connectivity index (χ2n) is 5.01. The zero-order chi connectivity index (χ0) is 15.1. The minimum Gasteiger partial charge on any atom is -0.383 e. The van der Waals surface area contributed by atoms with E-state index >= 15 is 0 Å². The molecule has 0 aliphatic carbocycles. The molecule has 0 saturated carbocycles. The summed E-state index contributed by atoms with van der Waals surface area (Å²) in [5.74, 6) is 0.0364. The van der Waals surface area contributed by atoms with Gasteiger partial charge >= 0.3 is 0 Å². The summed E-state index contributed by atoms with van der Waals surface area (Å²) in [7, 11) is 1.65. The highest BCUT2D eigenvalue weighted by atomic mass is 79.9. The first kappa shape index (κ1) is 16.0. The molecule has 1 unspecified atom stereocenters. The number of halogens is 1. The van der Waals surface area contributed by atoms with Crippen LogP contribution in [0.3, 0.4) is 0 Å². The lowest BCUT2D eigenvalue weighted by Crippen LogP contribution is -2.39. The number of carbonyl (C=O) groups excluding carboxylic acids is 1.